The van der Waals surface area contributed by atoms with Crippen LogP contribution in [0.3, 0.4) is 0 Å². The Bertz CT molecular complexity index is 877. The van der Waals surface area contributed by atoms with Crippen molar-refractivity contribution >= 4 is 17.5 Å². The second-order valence-electron chi connectivity index (χ2n) is 7.00. The summed E-state index contributed by atoms with van der Waals surface area (Å²) in [5.41, 5.74) is 0.480. The average Bonchev–Trinajstić information content (AvgIpc) is 3.52. The lowest BCUT2D eigenvalue weighted by Gasteiger charge is -2.23. The highest BCUT2D eigenvalue weighted by Gasteiger charge is 2.35. The summed E-state index contributed by atoms with van der Waals surface area (Å²) in [5.74, 6) is -0.541. The van der Waals surface area contributed by atoms with Crippen LogP contribution in [-0.4, -0.2) is 36.3 Å². The predicted molar refractivity (Wildman–Crippen MR) is 103 cm³/mol. The van der Waals surface area contributed by atoms with Crippen LogP contribution in [0.4, 0.5) is 18.9 Å². The summed E-state index contributed by atoms with van der Waals surface area (Å²) < 4.78 is 39.8. The van der Waals surface area contributed by atoms with Gasteiger partial charge in [0.2, 0.25) is 5.91 Å². The van der Waals surface area contributed by atoms with Gasteiger partial charge in [0.1, 0.15) is 0 Å². The molecule has 154 valence electrons. The molecule has 0 radical (unpaired) electrons. The monoisotopic (exact) mass is 405 g/mol. The molecular formula is C21H22F3N3O2. The van der Waals surface area contributed by atoms with Crippen LogP contribution in [0.15, 0.2) is 48.5 Å². The smallest absolute Gasteiger partial charge is 0.355 e. The van der Waals surface area contributed by atoms with Gasteiger partial charge in [0.15, 0.2) is 0 Å². The molecule has 2 amide bonds. The molecule has 2 N–H and O–H groups in total. The Hall–Kier alpha value is -2.87. The van der Waals surface area contributed by atoms with E-state index in [1.165, 1.54) is 19.2 Å². The van der Waals surface area contributed by atoms with E-state index in [0.29, 0.717) is 11.3 Å². The zero-order valence-electron chi connectivity index (χ0n) is 15.9. The van der Waals surface area contributed by atoms with E-state index in [1.807, 2.05) is 0 Å². The van der Waals surface area contributed by atoms with Crippen molar-refractivity contribution < 1.29 is 22.8 Å². The average molecular weight is 405 g/mol. The molecule has 3 rings (SSSR count). The van der Waals surface area contributed by atoms with Crippen LogP contribution < -0.4 is 10.6 Å². The Balaban J connectivity index is 1.66. The van der Waals surface area contributed by atoms with Crippen LogP contribution in [0, 0.1) is 0 Å². The van der Waals surface area contributed by atoms with E-state index < -0.39 is 11.7 Å². The molecule has 0 unspecified atom stereocenters. The number of carbonyl (C=O) groups is 2. The van der Waals surface area contributed by atoms with Crippen LogP contribution >= 0.6 is 0 Å². The Labute approximate surface area is 166 Å². The van der Waals surface area contributed by atoms with Crippen molar-refractivity contribution in [1.29, 1.82) is 0 Å². The second kappa shape index (κ2) is 8.65. The highest BCUT2D eigenvalue weighted by atomic mass is 19.4. The number of amides is 2. The highest BCUT2D eigenvalue weighted by Crippen LogP contribution is 2.34. The van der Waals surface area contributed by atoms with Crippen molar-refractivity contribution in [3.8, 4) is 0 Å². The molecule has 0 aliphatic heterocycles. The second-order valence-corrected chi connectivity index (χ2v) is 7.00. The van der Waals surface area contributed by atoms with Gasteiger partial charge in [0, 0.05) is 30.9 Å². The first kappa shape index (κ1) is 20.9. The van der Waals surface area contributed by atoms with E-state index >= 15 is 0 Å². The molecule has 29 heavy (non-hydrogen) atoms. The van der Waals surface area contributed by atoms with Gasteiger partial charge in [-0.1, -0.05) is 18.2 Å². The third kappa shape index (κ3) is 5.57. The normalized spacial score (nSPS) is 14.0. The zero-order chi connectivity index (χ0) is 21.0. The van der Waals surface area contributed by atoms with Crippen LogP contribution in [-0.2, 0) is 17.5 Å². The van der Waals surface area contributed by atoms with Crippen molar-refractivity contribution in [2.24, 2.45) is 0 Å². The lowest BCUT2D eigenvalue weighted by atomic mass is 10.1. The molecule has 1 aliphatic carbocycles. The molecule has 1 saturated carbocycles. The maximum Gasteiger partial charge on any atom is 0.416 e. The van der Waals surface area contributed by atoms with Crippen molar-refractivity contribution in [1.82, 2.24) is 10.2 Å². The summed E-state index contributed by atoms with van der Waals surface area (Å²) in [6, 6.07) is 12.0. The molecule has 0 bridgehead atoms. The molecule has 2 aromatic rings. The van der Waals surface area contributed by atoms with Crippen LogP contribution in [0.1, 0.15) is 34.3 Å². The fraction of sp³-hybridized carbons (Fsp3) is 0.333. The molecule has 0 atom stereocenters. The van der Waals surface area contributed by atoms with Gasteiger partial charge >= 0.3 is 6.18 Å². The van der Waals surface area contributed by atoms with E-state index in [1.54, 1.807) is 35.2 Å². The van der Waals surface area contributed by atoms with Crippen molar-refractivity contribution in [2.75, 3.05) is 18.9 Å². The Morgan fingerprint density at radius 1 is 1.07 bits per heavy atom. The van der Waals surface area contributed by atoms with E-state index in [-0.39, 0.29) is 36.5 Å². The first-order valence-electron chi connectivity index (χ1n) is 9.29. The molecule has 5 nitrogen and oxygen atoms in total. The van der Waals surface area contributed by atoms with Gasteiger partial charge in [-0.15, -0.1) is 0 Å². The Kier molecular flexibility index (Phi) is 6.22. The predicted octanol–water partition coefficient (Wildman–Crippen LogP) is 3.67. The number of nitrogens with one attached hydrogen (secondary N) is 2. The number of benzene rings is 2. The summed E-state index contributed by atoms with van der Waals surface area (Å²) in [6.07, 6.45) is -2.70. The number of anilines is 1. The molecule has 0 spiro atoms. The number of halogens is 3. The van der Waals surface area contributed by atoms with Gasteiger partial charge in [-0.3, -0.25) is 14.5 Å². The van der Waals surface area contributed by atoms with Crippen LogP contribution in [0.25, 0.3) is 0 Å². The lowest BCUT2D eigenvalue weighted by molar-refractivity contribution is -0.138. The van der Waals surface area contributed by atoms with Crippen LogP contribution in [0.2, 0.25) is 0 Å². The topological polar surface area (TPSA) is 61.4 Å². The van der Waals surface area contributed by atoms with Gasteiger partial charge < -0.3 is 10.6 Å². The van der Waals surface area contributed by atoms with Crippen molar-refractivity contribution in [3.05, 3.63) is 65.2 Å². The largest absolute Gasteiger partial charge is 0.416 e. The van der Waals surface area contributed by atoms with E-state index in [0.717, 1.165) is 18.9 Å². The minimum Gasteiger partial charge on any atom is -0.355 e. The van der Waals surface area contributed by atoms with Crippen molar-refractivity contribution in [2.45, 2.75) is 31.6 Å². The summed E-state index contributed by atoms with van der Waals surface area (Å²) in [6.45, 7) is 0.0530. The number of carbonyl (C=O) groups excluding carboxylic acids is 2. The number of hydrogen-bond acceptors (Lipinski definition) is 3. The first-order valence-corrected chi connectivity index (χ1v) is 9.29. The summed E-state index contributed by atoms with van der Waals surface area (Å²) in [4.78, 5) is 25.8. The molecule has 8 heteroatoms. The molecule has 1 fully saturated rings. The van der Waals surface area contributed by atoms with E-state index in [2.05, 4.69) is 10.6 Å². The summed E-state index contributed by atoms with van der Waals surface area (Å²) in [7, 11) is 1.53. The number of rotatable bonds is 7. The fourth-order valence-corrected chi connectivity index (χ4v) is 3.14. The third-order valence-electron chi connectivity index (χ3n) is 4.76. The highest BCUT2D eigenvalue weighted by molar-refractivity contribution is 5.96. The van der Waals surface area contributed by atoms with Gasteiger partial charge in [0.25, 0.3) is 5.91 Å². The third-order valence-corrected chi connectivity index (χ3v) is 4.76. The molecule has 2 aromatic carbocycles. The maximum atomic E-state index is 13.3. The zero-order valence-corrected chi connectivity index (χ0v) is 15.9. The number of nitrogens with zero attached hydrogens (tertiary/aromatic N) is 1. The molecular weight excluding hydrogens is 383 g/mol. The van der Waals surface area contributed by atoms with E-state index in [9.17, 15) is 22.8 Å². The van der Waals surface area contributed by atoms with E-state index in [4.69, 9.17) is 0 Å². The fourth-order valence-electron chi connectivity index (χ4n) is 3.14. The molecule has 0 saturated heterocycles. The first-order chi connectivity index (χ1) is 13.8. The number of hydrogen-bond donors (Lipinski definition) is 2. The van der Waals surface area contributed by atoms with Gasteiger partial charge in [0.05, 0.1) is 12.1 Å². The SMILES string of the molecule is CNC(=O)c1ccc(NC(=O)CN(Cc2ccccc2C(F)(F)F)C2CC2)cc1. The minimum absolute atomic E-state index is 0.00590. The lowest BCUT2D eigenvalue weighted by Crippen LogP contribution is -2.35. The van der Waals surface area contributed by atoms with Gasteiger partial charge in [-0.25, -0.2) is 0 Å². The Morgan fingerprint density at radius 2 is 1.72 bits per heavy atom. The number of alkyl halides is 3. The van der Waals surface area contributed by atoms with Gasteiger partial charge in [-0.2, -0.15) is 13.2 Å². The Morgan fingerprint density at radius 3 is 2.31 bits per heavy atom. The molecule has 1 aliphatic rings. The molecule has 0 aromatic heterocycles. The summed E-state index contributed by atoms with van der Waals surface area (Å²) in [5, 5.41) is 5.25. The van der Waals surface area contributed by atoms with Crippen LogP contribution in [0.5, 0.6) is 0 Å². The summed E-state index contributed by atoms with van der Waals surface area (Å²) >= 11 is 0. The molecule has 0 heterocycles. The van der Waals surface area contributed by atoms with Crippen molar-refractivity contribution in [3.63, 3.8) is 0 Å². The maximum absolute atomic E-state index is 13.3. The van der Waals surface area contributed by atoms with Gasteiger partial charge in [-0.05, 0) is 48.7 Å². The minimum atomic E-state index is -4.43. The quantitative estimate of drug-likeness (QED) is 0.739. The standard InChI is InChI=1S/C21H22F3N3O2/c1-25-20(29)14-6-8-16(9-7-14)26-19(28)13-27(17-10-11-17)12-15-4-2-3-5-18(15)21(22,23)24/h2-9,17H,10-13H2,1H3,(H,25,29)(H,26,28).